The van der Waals surface area contributed by atoms with Crippen LogP contribution >= 0.6 is 11.8 Å². The van der Waals surface area contributed by atoms with E-state index in [2.05, 4.69) is 4.98 Å². The molecule has 0 unspecified atom stereocenters. The monoisotopic (exact) mass is 427 g/mol. The van der Waals surface area contributed by atoms with Crippen molar-refractivity contribution in [3.63, 3.8) is 0 Å². The van der Waals surface area contributed by atoms with E-state index in [-0.39, 0.29) is 37.8 Å². The molecule has 1 amide bonds. The normalized spacial score (nSPS) is 15.6. The van der Waals surface area contributed by atoms with Gasteiger partial charge in [-0.05, 0) is 23.8 Å². The highest BCUT2D eigenvalue weighted by Gasteiger charge is 2.33. The molecule has 6 nitrogen and oxygen atoms in total. The molecule has 0 aliphatic carbocycles. The minimum atomic E-state index is -4.29. The fourth-order valence-corrected chi connectivity index (χ4v) is 5.26. The van der Waals surface area contributed by atoms with Gasteiger partial charge in [0, 0.05) is 44.3 Å². The minimum Gasteiger partial charge on any atom is -0.339 e. The summed E-state index contributed by atoms with van der Waals surface area (Å²) in [5, 5.41) is 0. The maximum atomic E-state index is 13.9. The average Bonchev–Trinajstić information content (AvgIpc) is 2.68. The van der Waals surface area contributed by atoms with E-state index in [1.807, 2.05) is 12.1 Å². The van der Waals surface area contributed by atoms with E-state index in [0.29, 0.717) is 5.75 Å². The van der Waals surface area contributed by atoms with Gasteiger partial charge in [-0.2, -0.15) is 4.31 Å². The molecular formula is C18H19F2N3O3S2. The van der Waals surface area contributed by atoms with Gasteiger partial charge in [0.2, 0.25) is 15.9 Å². The van der Waals surface area contributed by atoms with Crippen LogP contribution in [0.2, 0.25) is 0 Å². The Hall–Kier alpha value is -2.04. The van der Waals surface area contributed by atoms with E-state index < -0.39 is 26.6 Å². The molecule has 1 aromatic carbocycles. The predicted octanol–water partition coefficient (Wildman–Crippen LogP) is 2.13. The molecule has 0 spiro atoms. The number of benzene rings is 1. The molecule has 0 bridgehead atoms. The van der Waals surface area contributed by atoms with Crippen LogP contribution in [0, 0.1) is 11.6 Å². The number of hydrogen-bond acceptors (Lipinski definition) is 5. The SMILES string of the molecule is O=C(CSCc1cccnc1)N1CCN(S(=O)(=O)c2c(F)cccc2F)CC1. The number of amides is 1. The van der Waals surface area contributed by atoms with E-state index in [9.17, 15) is 22.0 Å². The summed E-state index contributed by atoms with van der Waals surface area (Å²) in [7, 11) is -4.29. The van der Waals surface area contributed by atoms with Crippen molar-refractivity contribution in [2.24, 2.45) is 0 Å². The summed E-state index contributed by atoms with van der Waals surface area (Å²) in [6.07, 6.45) is 3.42. The molecule has 0 saturated carbocycles. The summed E-state index contributed by atoms with van der Waals surface area (Å²) >= 11 is 1.45. The number of nitrogens with zero attached hydrogens (tertiary/aromatic N) is 3. The van der Waals surface area contributed by atoms with E-state index >= 15 is 0 Å². The van der Waals surface area contributed by atoms with Crippen molar-refractivity contribution in [3.05, 3.63) is 59.9 Å². The number of sulfonamides is 1. The number of aromatic nitrogens is 1. The highest BCUT2D eigenvalue weighted by Crippen LogP contribution is 2.23. The van der Waals surface area contributed by atoms with Crippen LogP contribution < -0.4 is 0 Å². The lowest BCUT2D eigenvalue weighted by atomic mass is 10.3. The maximum Gasteiger partial charge on any atom is 0.249 e. The van der Waals surface area contributed by atoms with Gasteiger partial charge in [0.15, 0.2) is 4.90 Å². The lowest BCUT2D eigenvalue weighted by Crippen LogP contribution is -2.51. The quantitative estimate of drug-likeness (QED) is 0.706. The fourth-order valence-electron chi connectivity index (χ4n) is 2.87. The van der Waals surface area contributed by atoms with Crippen molar-refractivity contribution >= 4 is 27.7 Å². The second-order valence-electron chi connectivity index (χ2n) is 6.19. The van der Waals surface area contributed by atoms with Gasteiger partial charge in [0.1, 0.15) is 11.6 Å². The summed E-state index contributed by atoms with van der Waals surface area (Å²) in [4.78, 5) is 17.0. The predicted molar refractivity (Wildman–Crippen MR) is 102 cm³/mol. The zero-order valence-corrected chi connectivity index (χ0v) is 16.6. The van der Waals surface area contributed by atoms with Gasteiger partial charge < -0.3 is 4.90 Å². The largest absolute Gasteiger partial charge is 0.339 e. The third kappa shape index (κ3) is 4.68. The number of halogens is 2. The average molecular weight is 427 g/mol. The van der Waals surface area contributed by atoms with Gasteiger partial charge in [-0.25, -0.2) is 17.2 Å². The molecule has 0 atom stereocenters. The lowest BCUT2D eigenvalue weighted by molar-refractivity contribution is -0.129. The Morgan fingerprint density at radius 3 is 2.36 bits per heavy atom. The molecule has 1 aliphatic heterocycles. The molecule has 0 radical (unpaired) electrons. The third-order valence-corrected chi connectivity index (χ3v) is 7.26. The summed E-state index contributed by atoms with van der Waals surface area (Å²) in [6, 6.07) is 6.69. The van der Waals surface area contributed by atoms with Crippen molar-refractivity contribution in [2.75, 3.05) is 31.9 Å². The first-order chi connectivity index (χ1) is 13.4. The number of rotatable bonds is 6. The van der Waals surface area contributed by atoms with Gasteiger partial charge in [0.25, 0.3) is 0 Å². The molecule has 2 aromatic rings. The molecule has 2 heterocycles. The molecule has 1 saturated heterocycles. The van der Waals surface area contributed by atoms with E-state index in [0.717, 1.165) is 28.1 Å². The Bertz CT molecular complexity index is 914. The molecule has 10 heteroatoms. The van der Waals surface area contributed by atoms with Crippen molar-refractivity contribution in [1.29, 1.82) is 0 Å². The van der Waals surface area contributed by atoms with Crippen LogP contribution in [-0.4, -0.2) is 60.4 Å². The number of pyridine rings is 1. The Labute approximate surface area is 166 Å². The number of carbonyl (C=O) groups excluding carboxylic acids is 1. The smallest absolute Gasteiger partial charge is 0.249 e. The van der Waals surface area contributed by atoms with Crippen molar-refractivity contribution in [3.8, 4) is 0 Å². The van der Waals surface area contributed by atoms with Crippen LogP contribution in [0.15, 0.2) is 47.6 Å². The summed E-state index contributed by atoms with van der Waals surface area (Å²) < 4.78 is 53.9. The van der Waals surface area contributed by atoms with Crippen molar-refractivity contribution in [1.82, 2.24) is 14.2 Å². The van der Waals surface area contributed by atoms with E-state index in [1.165, 1.54) is 11.8 Å². The summed E-state index contributed by atoms with van der Waals surface area (Å²) in [6.45, 7) is 0.355. The summed E-state index contributed by atoms with van der Waals surface area (Å²) in [5.41, 5.74) is 1.02. The van der Waals surface area contributed by atoms with Crippen LogP contribution in [0.1, 0.15) is 5.56 Å². The molecule has 150 valence electrons. The molecule has 1 fully saturated rings. The topological polar surface area (TPSA) is 70.6 Å². The lowest BCUT2D eigenvalue weighted by Gasteiger charge is -2.34. The maximum absolute atomic E-state index is 13.9. The first-order valence-corrected chi connectivity index (χ1v) is 11.2. The molecule has 0 N–H and O–H groups in total. The molecule has 1 aromatic heterocycles. The number of piperazine rings is 1. The number of thioether (sulfide) groups is 1. The zero-order valence-electron chi connectivity index (χ0n) is 14.9. The summed E-state index contributed by atoms with van der Waals surface area (Å²) in [5.74, 6) is -1.41. The standard InChI is InChI=1S/C18H19F2N3O3S2/c19-15-4-1-5-16(20)18(15)28(25,26)23-9-7-22(8-10-23)17(24)13-27-12-14-3-2-6-21-11-14/h1-6,11H,7-10,12-13H2. The van der Waals surface area contributed by atoms with Crippen LogP contribution in [0.3, 0.4) is 0 Å². The first kappa shape index (κ1) is 20.7. The molecule has 28 heavy (non-hydrogen) atoms. The van der Waals surface area contributed by atoms with Crippen LogP contribution in [0.5, 0.6) is 0 Å². The second-order valence-corrected chi connectivity index (χ2v) is 9.05. The number of hydrogen-bond donors (Lipinski definition) is 0. The Balaban J connectivity index is 1.54. The Kier molecular flexibility index (Phi) is 6.63. The highest BCUT2D eigenvalue weighted by atomic mass is 32.2. The van der Waals surface area contributed by atoms with Gasteiger partial charge in [-0.1, -0.05) is 12.1 Å². The van der Waals surface area contributed by atoms with Crippen LogP contribution in [-0.2, 0) is 20.6 Å². The van der Waals surface area contributed by atoms with Gasteiger partial charge >= 0.3 is 0 Å². The van der Waals surface area contributed by atoms with Crippen molar-refractivity contribution < 1.29 is 22.0 Å². The van der Waals surface area contributed by atoms with Gasteiger partial charge in [-0.15, -0.1) is 11.8 Å². The van der Waals surface area contributed by atoms with E-state index in [4.69, 9.17) is 0 Å². The zero-order chi connectivity index (χ0) is 20.1. The van der Waals surface area contributed by atoms with Crippen LogP contribution in [0.25, 0.3) is 0 Å². The van der Waals surface area contributed by atoms with E-state index in [1.54, 1.807) is 17.3 Å². The Morgan fingerprint density at radius 2 is 1.75 bits per heavy atom. The molecule has 3 rings (SSSR count). The molecule has 1 aliphatic rings. The fraction of sp³-hybridized carbons (Fsp3) is 0.333. The minimum absolute atomic E-state index is 0.00484. The third-order valence-electron chi connectivity index (χ3n) is 4.33. The first-order valence-electron chi connectivity index (χ1n) is 8.58. The molecular weight excluding hydrogens is 408 g/mol. The van der Waals surface area contributed by atoms with Crippen LogP contribution in [0.4, 0.5) is 8.78 Å². The van der Waals surface area contributed by atoms with Gasteiger partial charge in [-0.3, -0.25) is 9.78 Å². The second kappa shape index (κ2) is 8.97. The highest BCUT2D eigenvalue weighted by molar-refractivity contribution is 7.99. The van der Waals surface area contributed by atoms with Crippen molar-refractivity contribution in [2.45, 2.75) is 10.6 Å². The Morgan fingerprint density at radius 1 is 1.07 bits per heavy atom. The number of carbonyl (C=O) groups is 1. The van der Waals surface area contributed by atoms with Gasteiger partial charge in [0.05, 0.1) is 5.75 Å².